The van der Waals surface area contributed by atoms with Crippen LogP contribution in [-0.4, -0.2) is 66.4 Å². The summed E-state index contributed by atoms with van der Waals surface area (Å²) in [5.41, 5.74) is 7.45. The van der Waals surface area contributed by atoms with Gasteiger partial charge in [0.1, 0.15) is 23.3 Å². The SMILES string of the molecule is COC1=NC(c2nnc(N[S+]([O-])CC(OC(C)C)c3cnc(C)cn3)n2-c2c(O)cccc2OC)=C=C=C1. The Balaban J connectivity index is 1.73. The number of aliphatic imine (C=N–C) groups is 1. The molecule has 0 aliphatic carbocycles. The van der Waals surface area contributed by atoms with Crippen LogP contribution in [0.3, 0.4) is 0 Å². The van der Waals surface area contributed by atoms with E-state index in [-0.39, 0.29) is 46.7 Å². The van der Waals surface area contributed by atoms with Crippen LogP contribution in [-0.2, 0) is 20.8 Å². The molecule has 1 aliphatic heterocycles. The quantitative estimate of drug-likeness (QED) is 0.292. The number of para-hydroxylation sites is 1. The third-order valence-corrected chi connectivity index (χ3v) is 6.20. The molecule has 38 heavy (non-hydrogen) atoms. The molecule has 198 valence electrons. The first-order valence-electron chi connectivity index (χ1n) is 11.6. The van der Waals surface area contributed by atoms with E-state index in [1.807, 2.05) is 20.8 Å². The van der Waals surface area contributed by atoms with Crippen LogP contribution >= 0.6 is 0 Å². The molecule has 0 spiro atoms. The number of aryl methyl sites for hydroxylation is 1. The molecule has 1 aliphatic rings. The fraction of sp³-hybridized carbons (Fsp3) is 0.320. The lowest BCUT2D eigenvalue weighted by molar-refractivity contribution is 0.0172. The lowest BCUT2D eigenvalue weighted by atomic mass is 10.2. The minimum atomic E-state index is -1.72. The van der Waals surface area contributed by atoms with Crippen LogP contribution in [0.1, 0.15) is 37.2 Å². The molecule has 3 aromatic rings. The van der Waals surface area contributed by atoms with Gasteiger partial charge in [0, 0.05) is 6.20 Å². The van der Waals surface area contributed by atoms with Crippen molar-refractivity contribution in [1.82, 2.24) is 24.7 Å². The third-order valence-electron chi connectivity index (χ3n) is 5.19. The molecule has 0 radical (unpaired) electrons. The minimum Gasteiger partial charge on any atom is -0.593 e. The molecule has 0 bridgehead atoms. The van der Waals surface area contributed by atoms with E-state index in [9.17, 15) is 9.66 Å². The standard InChI is InChI=1S/C25H27N7O5S/c1-15(2)37-21(18-13-26-16(3)12-27-18)14-38(34)31-25-30-29-24(17-8-6-11-22(28-17)36-5)32(25)23-19(33)9-7-10-20(23)35-4/h7,9-13,15,21,33H,14H2,1-5H3,(H,30,31). The van der Waals surface area contributed by atoms with Crippen LogP contribution in [0, 0.1) is 6.92 Å². The first-order valence-corrected chi connectivity index (χ1v) is 12.9. The molecule has 13 heteroatoms. The summed E-state index contributed by atoms with van der Waals surface area (Å²) in [6.45, 7) is 5.60. The predicted octanol–water partition coefficient (Wildman–Crippen LogP) is 3.03. The maximum absolute atomic E-state index is 13.4. The third kappa shape index (κ3) is 6.05. The fourth-order valence-corrected chi connectivity index (χ4v) is 4.48. The van der Waals surface area contributed by atoms with Gasteiger partial charge in [0.15, 0.2) is 17.3 Å². The predicted molar refractivity (Wildman–Crippen MR) is 141 cm³/mol. The molecule has 2 aromatic heterocycles. The lowest BCUT2D eigenvalue weighted by Gasteiger charge is -2.21. The Morgan fingerprint density at radius 3 is 2.66 bits per heavy atom. The summed E-state index contributed by atoms with van der Waals surface area (Å²) >= 11 is -1.72. The number of aromatic hydroxyl groups is 1. The summed E-state index contributed by atoms with van der Waals surface area (Å²) in [6, 6.07) is 4.78. The molecule has 12 nitrogen and oxygen atoms in total. The lowest BCUT2D eigenvalue weighted by Crippen LogP contribution is -2.27. The van der Waals surface area contributed by atoms with E-state index in [4.69, 9.17) is 14.2 Å². The molecule has 0 amide bonds. The van der Waals surface area contributed by atoms with E-state index in [0.29, 0.717) is 11.4 Å². The topological polar surface area (TPSA) is 152 Å². The molecule has 0 fully saturated rings. The molecule has 2 unspecified atom stereocenters. The van der Waals surface area contributed by atoms with E-state index in [1.54, 1.807) is 24.5 Å². The van der Waals surface area contributed by atoms with Crippen molar-refractivity contribution in [2.75, 3.05) is 24.7 Å². The molecule has 2 N–H and O–H groups in total. The van der Waals surface area contributed by atoms with Gasteiger partial charge in [0.25, 0.3) is 5.95 Å². The molecule has 3 heterocycles. The Morgan fingerprint density at radius 1 is 1.16 bits per heavy atom. The van der Waals surface area contributed by atoms with Crippen LogP contribution < -0.4 is 9.46 Å². The maximum atomic E-state index is 13.4. The average Bonchev–Trinajstić information content (AvgIpc) is 3.31. The van der Waals surface area contributed by atoms with E-state index in [1.165, 1.54) is 30.9 Å². The molecule has 1 aromatic carbocycles. The number of methoxy groups -OCH3 is 2. The Morgan fingerprint density at radius 2 is 1.97 bits per heavy atom. The first kappa shape index (κ1) is 26.9. The summed E-state index contributed by atoms with van der Waals surface area (Å²) < 4.78 is 34.4. The Kier molecular flexibility index (Phi) is 8.47. The number of phenols is 1. The fourth-order valence-electron chi connectivity index (χ4n) is 3.54. The van der Waals surface area contributed by atoms with Crippen molar-refractivity contribution in [1.29, 1.82) is 0 Å². The van der Waals surface area contributed by atoms with Gasteiger partial charge in [-0.2, -0.15) is 4.72 Å². The van der Waals surface area contributed by atoms with Crippen molar-refractivity contribution < 1.29 is 23.9 Å². The Hall–Kier alpha value is -4.12. The van der Waals surface area contributed by atoms with Crippen molar-refractivity contribution in [3.8, 4) is 17.2 Å². The van der Waals surface area contributed by atoms with Crippen LogP contribution in [0.15, 0.2) is 53.1 Å². The zero-order valence-electron chi connectivity index (χ0n) is 21.5. The second-order valence-corrected chi connectivity index (χ2v) is 9.53. The van der Waals surface area contributed by atoms with E-state index < -0.39 is 17.5 Å². The number of rotatable bonds is 10. The number of phenolic OH excluding ortho intramolecular Hbond substituents is 1. The van der Waals surface area contributed by atoms with Crippen molar-refractivity contribution in [2.24, 2.45) is 4.99 Å². The summed E-state index contributed by atoms with van der Waals surface area (Å²) in [6.07, 6.45) is 4.00. The highest BCUT2D eigenvalue weighted by atomic mass is 32.2. The van der Waals surface area contributed by atoms with Crippen molar-refractivity contribution in [3.63, 3.8) is 0 Å². The van der Waals surface area contributed by atoms with Crippen molar-refractivity contribution in [3.05, 3.63) is 65.3 Å². The monoisotopic (exact) mass is 537 g/mol. The number of nitrogens with zero attached hydrogens (tertiary/aromatic N) is 6. The van der Waals surface area contributed by atoms with Gasteiger partial charge in [0.05, 0.1) is 55.3 Å². The molecule has 2 atom stereocenters. The van der Waals surface area contributed by atoms with E-state index in [0.717, 1.165) is 5.69 Å². The number of hydrogen-bond acceptors (Lipinski definition) is 11. The molecule has 0 saturated carbocycles. The van der Waals surface area contributed by atoms with Gasteiger partial charge >= 0.3 is 0 Å². The second kappa shape index (κ2) is 12.0. The van der Waals surface area contributed by atoms with Gasteiger partial charge in [-0.25, -0.2) is 9.56 Å². The van der Waals surface area contributed by atoms with Gasteiger partial charge in [-0.05, 0) is 38.6 Å². The Labute approximate surface area is 222 Å². The van der Waals surface area contributed by atoms with Crippen molar-refractivity contribution in [2.45, 2.75) is 33.0 Å². The second-order valence-electron chi connectivity index (χ2n) is 8.30. The number of benzene rings is 1. The summed E-state index contributed by atoms with van der Waals surface area (Å²) in [5, 5.41) is 19.2. The normalized spacial score (nSPS) is 14.2. The number of hydrogen-bond donors (Lipinski definition) is 2. The summed E-state index contributed by atoms with van der Waals surface area (Å²) in [5.74, 6) is 0.759. The number of nitrogens with one attached hydrogen (secondary N) is 1. The van der Waals surface area contributed by atoms with Crippen molar-refractivity contribution >= 4 is 28.9 Å². The van der Waals surface area contributed by atoms with Gasteiger partial charge in [-0.3, -0.25) is 9.97 Å². The van der Waals surface area contributed by atoms with Crippen LogP contribution in [0.25, 0.3) is 11.4 Å². The zero-order valence-corrected chi connectivity index (χ0v) is 22.3. The van der Waals surface area contributed by atoms with Crippen LogP contribution in [0.2, 0.25) is 0 Å². The highest BCUT2D eigenvalue weighted by molar-refractivity contribution is 7.92. The smallest absolute Gasteiger partial charge is 0.271 e. The largest absolute Gasteiger partial charge is 0.593 e. The van der Waals surface area contributed by atoms with Gasteiger partial charge < -0.3 is 23.9 Å². The van der Waals surface area contributed by atoms with Gasteiger partial charge in [-0.1, -0.05) is 11.8 Å². The van der Waals surface area contributed by atoms with Gasteiger partial charge in [-0.15, -0.1) is 10.2 Å². The van der Waals surface area contributed by atoms with E-state index >= 15 is 0 Å². The Bertz CT molecular complexity index is 1420. The molecular weight excluding hydrogens is 510 g/mol. The first-order chi connectivity index (χ1) is 18.3. The highest BCUT2D eigenvalue weighted by Crippen LogP contribution is 2.36. The maximum Gasteiger partial charge on any atom is 0.271 e. The van der Waals surface area contributed by atoms with Crippen LogP contribution in [0.5, 0.6) is 11.5 Å². The summed E-state index contributed by atoms with van der Waals surface area (Å²) in [4.78, 5) is 13.0. The zero-order chi connectivity index (χ0) is 27.2. The summed E-state index contributed by atoms with van der Waals surface area (Å²) in [7, 11) is 2.94. The highest BCUT2D eigenvalue weighted by Gasteiger charge is 2.28. The average molecular weight is 538 g/mol. The van der Waals surface area contributed by atoms with Gasteiger partial charge in [0.2, 0.25) is 5.90 Å². The molecule has 4 rings (SSSR count). The number of anilines is 1. The molecule has 0 saturated heterocycles. The number of ether oxygens (including phenoxy) is 3. The number of aromatic nitrogens is 5. The van der Waals surface area contributed by atoms with E-state index in [2.05, 4.69) is 41.3 Å². The minimum absolute atomic E-state index is 0.0351. The van der Waals surface area contributed by atoms with Crippen LogP contribution in [0.4, 0.5) is 5.95 Å². The molecular formula is C25H27N7O5S.